The second kappa shape index (κ2) is 8.84. The molecule has 0 spiro atoms. The fraction of sp³-hybridized carbons (Fsp3) is 0.579. The molecule has 7 nitrogen and oxygen atoms in total. The maximum Gasteiger partial charge on any atom is 0.238 e. The van der Waals surface area contributed by atoms with Gasteiger partial charge < -0.3 is 9.47 Å². The number of piperidine rings is 1. The fourth-order valence-electron chi connectivity index (χ4n) is 3.78. The van der Waals surface area contributed by atoms with E-state index in [0.29, 0.717) is 17.3 Å². The number of hydrogen-bond acceptors (Lipinski definition) is 5. The van der Waals surface area contributed by atoms with Crippen molar-refractivity contribution in [3.05, 3.63) is 18.2 Å². The number of carbonyl (C=O) groups excluding carboxylic acids is 1. The number of rotatable bonds is 7. The number of nitrogens with zero attached hydrogens (tertiary/aromatic N) is 3. The summed E-state index contributed by atoms with van der Waals surface area (Å²) in [7, 11) is -3.78. The zero-order valence-corrected chi connectivity index (χ0v) is 18.1. The van der Waals surface area contributed by atoms with Crippen LogP contribution in [0.2, 0.25) is 0 Å². The van der Waals surface area contributed by atoms with E-state index >= 15 is 0 Å². The van der Waals surface area contributed by atoms with Crippen molar-refractivity contribution in [2.75, 3.05) is 12.3 Å². The molecule has 0 saturated carbocycles. The van der Waals surface area contributed by atoms with Crippen molar-refractivity contribution in [3.63, 3.8) is 0 Å². The number of primary sulfonamides is 1. The smallest absolute Gasteiger partial charge is 0.238 e. The molecule has 0 aliphatic carbocycles. The molecule has 2 heterocycles. The molecule has 28 heavy (non-hydrogen) atoms. The summed E-state index contributed by atoms with van der Waals surface area (Å²) in [6.07, 6.45) is 5.23. The number of thioether (sulfide) groups is 1. The Morgan fingerprint density at radius 3 is 2.79 bits per heavy atom. The molecule has 2 aromatic rings. The van der Waals surface area contributed by atoms with E-state index in [1.807, 2.05) is 9.47 Å². The number of hydrogen-bond donors (Lipinski definition) is 1. The first kappa shape index (κ1) is 21.1. The van der Waals surface area contributed by atoms with Crippen LogP contribution in [0.4, 0.5) is 0 Å². The monoisotopic (exact) mass is 424 g/mol. The number of benzene rings is 1. The van der Waals surface area contributed by atoms with Crippen molar-refractivity contribution >= 4 is 38.7 Å². The first-order valence-electron chi connectivity index (χ1n) is 9.80. The molecular weight excluding hydrogens is 396 g/mol. The molecule has 1 aliphatic rings. The molecule has 1 aliphatic heterocycles. The lowest BCUT2D eigenvalue weighted by Gasteiger charge is -2.35. The molecular formula is C19H28N4O3S2. The molecule has 0 radical (unpaired) electrons. The second-order valence-corrected chi connectivity index (χ2v) is 9.68. The summed E-state index contributed by atoms with van der Waals surface area (Å²) in [6.45, 7) is 5.79. The molecule has 1 aromatic carbocycles. The molecule has 1 saturated heterocycles. The summed E-state index contributed by atoms with van der Waals surface area (Å²) < 4.78 is 25.3. The minimum absolute atomic E-state index is 0.0490. The van der Waals surface area contributed by atoms with E-state index in [1.54, 1.807) is 6.07 Å². The van der Waals surface area contributed by atoms with E-state index in [4.69, 9.17) is 5.14 Å². The highest BCUT2D eigenvalue weighted by atomic mass is 32.2. The van der Waals surface area contributed by atoms with Gasteiger partial charge in [-0.15, -0.1) is 0 Å². The average Bonchev–Trinajstić information content (AvgIpc) is 3.02. The van der Waals surface area contributed by atoms with Gasteiger partial charge in [0.2, 0.25) is 15.9 Å². The fourth-order valence-corrected chi connectivity index (χ4v) is 5.24. The summed E-state index contributed by atoms with van der Waals surface area (Å²) in [6, 6.07) is 5.08. The minimum atomic E-state index is -3.78. The highest BCUT2D eigenvalue weighted by molar-refractivity contribution is 7.99. The minimum Gasteiger partial charge on any atom is -0.339 e. The predicted octanol–water partition coefficient (Wildman–Crippen LogP) is 2.98. The second-order valence-electron chi connectivity index (χ2n) is 7.18. The molecule has 1 amide bonds. The third kappa shape index (κ3) is 4.52. The van der Waals surface area contributed by atoms with E-state index in [0.717, 1.165) is 49.4 Å². The summed E-state index contributed by atoms with van der Waals surface area (Å²) in [4.78, 5) is 19.4. The Kier molecular flexibility index (Phi) is 6.67. The van der Waals surface area contributed by atoms with Crippen LogP contribution in [-0.4, -0.2) is 47.1 Å². The standard InChI is InChI=1S/C19H28N4O3S2/c1-3-10-23-17-9-8-15(28(20,25)26)12-16(17)21-19(23)27-13-18(24)22-11-6-5-7-14(22)4-2/h8-9,12,14H,3-7,10-11,13H2,1-2H3,(H2,20,25,26). The first-order chi connectivity index (χ1) is 13.3. The maximum atomic E-state index is 12.8. The third-order valence-corrected chi connectivity index (χ3v) is 7.08. The lowest BCUT2D eigenvalue weighted by atomic mass is 10.0. The number of nitrogens with two attached hydrogens (primary N) is 1. The Labute approximate surface area is 170 Å². The lowest BCUT2D eigenvalue weighted by molar-refractivity contribution is -0.132. The number of aromatic nitrogens is 2. The van der Waals surface area contributed by atoms with Gasteiger partial charge in [-0.25, -0.2) is 18.5 Å². The summed E-state index contributed by atoms with van der Waals surface area (Å²) in [5.74, 6) is 0.489. The molecule has 1 aromatic heterocycles. The molecule has 0 bridgehead atoms. The Bertz CT molecular complexity index is 955. The van der Waals surface area contributed by atoms with E-state index in [2.05, 4.69) is 18.8 Å². The third-order valence-electron chi connectivity index (χ3n) is 5.20. The van der Waals surface area contributed by atoms with Gasteiger partial charge in [-0.1, -0.05) is 25.6 Å². The molecule has 1 unspecified atom stereocenters. The van der Waals surface area contributed by atoms with Crippen LogP contribution in [0.3, 0.4) is 0 Å². The number of likely N-dealkylation sites (tertiary alicyclic amines) is 1. The van der Waals surface area contributed by atoms with Gasteiger partial charge in [-0.2, -0.15) is 0 Å². The van der Waals surface area contributed by atoms with Crippen molar-refractivity contribution in [1.82, 2.24) is 14.5 Å². The Hall–Kier alpha value is -1.58. The number of sulfonamides is 1. The van der Waals surface area contributed by atoms with Crippen LogP contribution in [0.5, 0.6) is 0 Å². The van der Waals surface area contributed by atoms with Crippen molar-refractivity contribution < 1.29 is 13.2 Å². The van der Waals surface area contributed by atoms with Gasteiger partial charge in [0, 0.05) is 19.1 Å². The van der Waals surface area contributed by atoms with Crippen LogP contribution >= 0.6 is 11.8 Å². The van der Waals surface area contributed by atoms with Gasteiger partial charge in [0.1, 0.15) is 0 Å². The zero-order valence-electron chi connectivity index (χ0n) is 16.4. The van der Waals surface area contributed by atoms with Crippen molar-refractivity contribution in [2.45, 2.75) is 68.6 Å². The SMILES string of the molecule is CCCn1c(SCC(=O)N2CCCCC2CC)nc2cc(S(N)(=O)=O)ccc21. The van der Waals surface area contributed by atoms with Crippen LogP contribution in [0.15, 0.2) is 28.3 Å². The Morgan fingerprint density at radius 1 is 1.32 bits per heavy atom. The number of aryl methyl sites for hydroxylation is 1. The van der Waals surface area contributed by atoms with Crippen LogP contribution in [-0.2, 0) is 21.4 Å². The number of amides is 1. The maximum absolute atomic E-state index is 12.8. The van der Waals surface area contributed by atoms with E-state index in [1.165, 1.54) is 30.3 Å². The highest BCUT2D eigenvalue weighted by Crippen LogP contribution is 2.28. The van der Waals surface area contributed by atoms with Gasteiger partial charge in [0.25, 0.3) is 0 Å². The Morgan fingerprint density at radius 2 is 2.11 bits per heavy atom. The van der Waals surface area contributed by atoms with E-state index in [-0.39, 0.29) is 10.8 Å². The van der Waals surface area contributed by atoms with Gasteiger partial charge in [-0.3, -0.25) is 4.79 Å². The van der Waals surface area contributed by atoms with Gasteiger partial charge >= 0.3 is 0 Å². The van der Waals surface area contributed by atoms with Gasteiger partial charge in [0.15, 0.2) is 5.16 Å². The van der Waals surface area contributed by atoms with Crippen molar-refractivity contribution in [3.8, 4) is 0 Å². The van der Waals surface area contributed by atoms with Crippen LogP contribution in [0.25, 0.3) is 11.0 Å². The molecule has 154 valence electrons. The molecule has 2 N–H and O–H groups in total. The molecule has 1 fully saturated rings. The normalized spacial score (nSPS) is 18.0. The summed E-state index contributed by atoms with van der Waals surface area (Å²) >= 11 is 1.42. The predicted molar refractivity (Wildman–Crippen MR) is 112 cm³/mol. The molecule has 1 atom stereocenters. The largest absolute Gasteiger partial charge is 0.339 e. The number of fused-ring (bicyclic) bond motifs is 1. The number of imidazole rings is 1. The lowest BCUT2D eigenvalue weighted by Crippen LogP contribution is -2.44. The van der Waals surface area contributed by atoms with Crippen molar-refractivity contribution in [2.24, 2.45) is 5.14 Å². The van der Waals surface area contributed by atoms with Crippen LogP contribution < -0.4 is 5.14 Å². The summed E-state index contributed by atoms with van der Waals surface area (Å²) in [5, 5.41) is 5.98. The zero-order chi connectivity index (χ0) is 20.3. The van der Waals surface area contributed by atoms with Crippen LogP contribution in [0, 0.1) is 0 Å². The molecule has 9 heteroatoms. The highest BCUT2D eigenvalue weighted by Gasteiger charge is 2.25. The Balaban J connectivity index is 1.83. The average molecular weight is 425 g/mol. The van der Waals surface area contributed by atoms with E-state index in [9.17, 15) is 13.2 Å². The number of carbonyl (C=O) groups is 1. The molecule has 3 rings (SSSR count). The summed E-state index contributed by atoms with van der Waals surface area (Å²) in [5.41, 5.74) is 1.44. The first-order valence-corrected chi connectivity index (χ1v) is 12.3. The van der Waals surface area contributed by atoms with Gasteiger partial charge in [-0.05, 0) is 50.3 Å². The van der Waals surface area contributed by atoms with Crippen molar-refractivity contribution in [1.29, 1.82) is 0 Å². The van der Waals surface area contributed by atoms with Crippen LogP contribution in [0.1, 0.15) is 46.0 Å². The van der Waals surface area contributed by atoms with Gasteiger partial charge in [0.05, 0.1) is 21.7 Å². The quantitative estimate of drug-likeness (QED) is 0.689. The topological polar surface area (TPSA) is 98.3 Å². The van der Waals surface area contributed by atoms with E-state index < -0.39 is 10.0 Å².